The largest absolute Gasteiger partial charge is 0.339 e. The Morgan fingerprint density at radius 1 is 1.12 bits per heavy atom. The predicted molar refractivity (Wildman–Crippen MR) is 97.2 cm³/mol. The van der Waals surface area contributed by atoms with E-state index < -0.39 is 0 Å². The quantitative estimate of drug-likeness (QED) is 0.804. The van der Waals surface area contributed by atoms with Crippen molar-refractivity contribution in [2.45, 2.75) is 51.1 Å². The van der Waals surface area contributed by atoms with Crippen LogP contribution in [0.25, 0.3) is 0 Å². The Hall–Kier alpha value is -1.72. The van der Waals surface area contributed by atoms with E-state index in [0.29, 0.717) is 12.0 Å². The van der Waals surface area contributed by atoms with Gasteiger partial charge < -0.3 is 4.52 Å². The molecule has 1 aromatic heterocycles. The Morgan fingerprint density at radius 3 is 2.72 bits per heavy atom. The van der Waals surface area contributed by atoms with Gasteiger partial charge in [0.05, 0.1) is 6.54 Å². The van der Waals surface area contributed by atoms with Crippen molar-refractivity contribution in [3.05, 3.63) is 47.6 Å². The molecular weight excluding hydrogens is 312 g/mol. The molecule has 1 aliphatic heterocycles. The van der Waals surface area contributed by atoms with Crippen LogP contribution in [0.1, 0.15) is 61.8 Å². The van der Waals surface area contributed by atoms with Crippen molar-refractivity contribution in [3.8, 4) is 0 Å². The summed E-state index contributed by atoms with van der Waals surface area (Å²) in [6.45, 7) is 7.53. The summed E-state index contributed by atoms with van der Waals surface area (Å²) < 4.78 is 5.40. The number of nitrogens with zero attached hydrogens (tertiary/aromatic N) is 4. The molecule has 0 spiro atoms. The van der Waals surface area contributed by atoms with Gasteiger partial charge in [-0.2, -0.15) is 4.98 Å². The van der Waals surface area contributed by atoms with E-state index in [9.17, 15) is 0 Å². The van der Waals surface area contributed by atoms with E-state index in [1.165, 1.54) is 24.8 Å². The minimum Gasteiger partial charge on any atom is -0.339 e. The van der Waals surface area contributed by atoms with Gasteiger partial charge in [0.15, 0.2) is 5.82 Å². The first kappa shape index (κ1) is 16.7. The van der Waals surface area contributed by atoms with E-state index in [2.05, 4.69) is 57.2 Å². The third kappa shape index (κ3) is 4.10. The highest BCUT2D eigenvalue weighted by Gasteiger charge is 2.30. The van der Waals surface area contributed by atoms with Crippen molar-refractivity contribution in [1.29, 1.82) is 0 Å². The average molecular weight is 340 g/mol. The van der Waals surface area contributed by atoms with Crippen LogP contribution in [0.5, 0.6) is 0 Å². The van der Waals surface area contributed by atoms with Gasteiger partial charge in [0.1, 0.15) is 0 Å². The summed E-state index contributed by atoms with van der Waals surface area (Å²) in [6.07, 6.45) is 4.76. The molecule has 1 atom stereocenters. The third-order valence-electron chi connectivity index (χ3n) is 5.41. The molecule has 2 heterocycles. The third-order valence-corrected chi connectivity index (χ3v) is 5.41. The molecule has 134 valence electrons. The summed E-state index contributed by atoms with van der Waals surface area (Å²) in [5.41, 5.74) is 1.44. The fraction of sp³-hybridized carbons (Fsp3) is 0.600. The molecular formula is C20H28N4O. The molecule has 5 nitrogen and oxygen atoms in total. The zero-order valence-corrected chi connectivity index (χ0v) is 15.1. The topological polar surface area (TPSA) is 45.4 Å². The lowest BCUT2D eigenvalue weighted by Gasteiger charge is -2.30. The van der Waals surface area contributed by atoms with Crippen LogP contribution in [0, 0.1) is 0 Å². The van der Waals surface area contributed by atoms with Gasteiger partial charge in [0.2, 0.25) is 5.89 Å². The van der Waals surface area contributed by atoms with E-state index in [0.717, 1.165) is 50.9 Å². The van der Waals surface area contributed by atoms with E-state index in [4.69, 9.17) is 4.52 Å². The second-order valence-electron chi connectivity index (χ2n) is 7.32. The first-order valence-electron chi connectivity index (χ1n) is 9.67. The first-order valence-corrected chi connectivity index (χ1v) is 9.67. The summed E-state index contributed by atoms with van der Waals surface area (Å²) in [7, 11) is 0. The van der Waals surface area contributed by atoms with Gasteiger partial charge in [0.25, 0.3) is 0 Å². The Labute approximate surface area is 150 Å². The molecule has 2 fully saturated rings. The van der Waals surface area contributed by atoms with Gasteiger partial charge in [0, 0.05) is 31.6 Å². The van der Waals surface area contributed by atoms with Gasteiger partial charge in [-0.05, 0) is 37.8 Å². The molecule has 2 aliphatic rings. The van der Waals surface area contributed by atoms with Crippen LogP contribution in [0.15, 0.2) is 34.9 Å². The maximum atomic E-state index is 5.40. The fourth-order valence-corrected chi connectivity index (χ4v) is 3.87. The average Bonchev–Trinajstić information content (AvgIpc) is 3.43. The molecule has 25 heavy (non-hydrogen) atoms. The monoisotopic (exact) mass is 340 g/mol. The zero-order chi connectivity index (χ0) is 17.1. The molecule has 0 amide bonds. The van der Waals surface area contributed by atoms with E-state index >= 15 is 0 Å². The van der Waals surface area contributed by atoms with Crippen molar-refractivity contribution in [2.24, 2.45) is 0 Å². The molecule has 1 unspecified atom stereocenters. The van der Waals surface area contributed by atoms with Gasteiger partial charge in [-0.3, -0.25) is 9.80 Å². The summed E-state index contributed by atoms with van der Waals surface area (Å²) in [5.74, 6) is 2.24. The van der Waals surface area contributed by atoms with Crippen LogP contribution >= 0.6 is 0 Å². The van der Waals surface area contributed by atoms with Gasteiger partial charge in [-0.1, -0.05) is 42.4 Å². The highest BCUT2D eigenvalue weighted by atomic mass is 16.5. The lowest BCUT2D eigenvalue weighted by Crippen LogP contribution is -2.33. The molecule has 0 N–H and O–H groups in total. The van der Waals surface area contributed by atoms with E-state index in [1.807, 2.05) is 0 Å². The second kappa shape index (κ2) is 7.67. The van der Waals surface area contributed by atoms with Crippen molar-refractivity contribution in [1.82, 2.24) is 19.9 Å². The molecule has 1 aliphatic carbocycles. The number of hydrogen-bond acceptors (Lipinski definition) is 5. The fourth-order valence-electron chi connectivity index (χ4n) is 3.87. The zero-order valence-electron chi connectivity index (χ0n) is 15.1. The molecule has 4 rings (SSSR count). The maximum Gasteiger partial charge on any atom is 0.229 e. The van der Waals surface area contributed by atoms with Gasteiger partial charge >= 0.3 is 0 Å². The standard InChI is InChI=1S/C20H28N4O/c1-2-18(16-7-4-3-5-8-16)24-12-6-11-23(13-14-24)15-19-21-20(25-22-19)17-9-10-17/h3-5,7-8,17-18H,2,6,9-15H2,1H3. The van der Waals surface area contributed by atoms with Gasteiger partial charge in [-0.15, -0.1) is 0 Å². The molecule has 0 bridgehead atoms. The molecule has 0 radical (unpaired) electrons. The minimum absolute atomic E-state index is 0.521. The highest BCUT2D eigenvalue weighted by Crippen LogP contribution is 2.38. The predicted octanol–water partition coefficient (Wildman–Crippen LogP) is 3.61. The van der Waals surface area contributed by atoms with Crippen LogP contribution in [-0.2, 0) is 6.54 Å². The number of hydrogen-bond donors (Lipinski definition) is 0. The van der Waals surface area contributed by atoms with E-state index in [-0.39, 0.29) is 0 Å². The molecule has 5 heteroatoms. The van der Waals surface area contributed by atoms with Crippen molar-refractivity contribution < 1.29 is 4.52 Å². The van der Waals surface area contributed by atoms with Crippen molar-refractivity contribution >= 4 is 0 Å². The minimum atomic E-state index is 0.521. The van der Waals surface area contributed by atoms with Crippen LogP contribution in [0.3, 0.4) is 0 Å². The SMILES string of the molecule is CCC(c1ccccc1)N1CCCN(Cc2noc(C3CC3)n2)CC1. The van der Waals surface area contributed by atoms with E-state index in [1.54, 1.807) is 0 Å². The van der Waals surface area contributed by atoms with Crippen LogP contribution < -0.4 is 0 Å². The maximum absolute atomic E-state index is 5.40. The Kier molecular flexibility index (Phi) is 5.13. The number of aromatic nitrogens is 2. The molecule has 2 aromatic rings. The van der Waals surface area contributed by atoms with Crippen molar-refractivity contribution in [3.63, 3.8) is 0 Å². The number of benzene rings is 1. The normalized spacial score (nSPS) is 21.2. The lowest BCUT2D eigenvalue weighted by molar-refractivity contribution is 0.191. The Bertz CT molecular complexity index is 667. The Balaban J connectivity index is 1.36. The van der Waals surface area contributed by atoms with Crippen molar-refractivity contribution in [2.75, 3.05) is 26.2 Å². The first-order chi connectivity index (χ1) is 12.3. The summed E-state index contributed by atoms with van der Waals surface area (Å²) in [5, 5.41) is 4.18. The summed E-state index contributed by atoms with van der Waals surface area (Å²) >= 11 is 0. The summed E-state index contributed by atoms with van der Waals surface area (Å²) in [4.78, 5) is 9.69. The molecule has 1 saturated heterocycles. The number of rotatable bonds is 6. The second-order valence-corrected chi connectivity index (χ2v) is 7.32. The summed E-state index contributed by atoms with van der Waals surface area (Å²) in [6, 6.07) is 11.4. The molecule has 1 aromatic carbocycles. The van der Waals surface area contributed by atoms with Gasteiger partial charge in [-0.25, -0.2) is 0 Å². The lowest BCUT2D eigenvalue weighted by atomic mass is 10.0. The van der Waals surface area contributed by atoms with Crippen LogP contribution in [0.4, 0.5) is 0 Å². The molecule has 1 saturated carbocycles. The van der Waals surface area contributed by atoms with Crippen LogP contribution in [0.2, 0.25) is 0 Å². The van der Waals surface area contributed by atoms with Crippen LogP contribution in [-0.4, -0.2) is 46.1 Å². The highest BCUT2D eigenvalue weighted by molar-refractivity contribution is 5.19. The smallest absolute Gasteiger partial charge is 0.229 e. The Morgan fingerprint density at radius 2 is 1.96 bits per heavy atom.